The summed E-state index contributed by atoms with van der Waals surface area (Å²) >= 11 is 0. The Bertz CT molecular complexity index is 99.8. The molecule has 10 heavy (non-hydrogen) atoms. The predicted molar refractivity (Wildman–Crippen MR) is 39.6 cm³/mol. The molecule has 0 atom stereocenters. The molecule has 0 aromatic carbocycles. The molecule has 3 heteroatoms. The lowest BCUT2D eigenvalue weighted by atomic mass is 10.3. The maximum Gasteiger partial charge on any atom is 0.199 e. The molecular weight excluding hydrogens is 128 g/mol. The molecule has 0 aromatic heterocycles. The third-order valence-corrected chi connectivity index (χ3v) is 1.74. The van der Waals surface area contributed by atoms with Crippen molar-refractivity contribution in [3.63, 3.8) is 0 Å². The SMILES string of the molecule is O=[C]CCN1CCNCC1. The predicted octanol–water partition coefficient (Wildman–Crippen LogP) is -0.609. The van der Waals surface area contributed by atoms with Crippen LogP contribution in [0.3, 0.4) is 0 Å². The second kappa shape index (κ2) is 4.41. The van der Waals surface area contributed by atoms with Crippen LogP contribution in [0.4, 0.5) is 0 Å². The third kappa shape index (κ3) is 2.45. The molecule has 0 aromatic rings. The molecule has 1 aliphatic rings. The van der Waals surface area contributed by atoms with Crippen molar-refractivity contribution >= 4 is 6.29 Å². The molecule has 1 N–H and O–H groups in total. The van der Waals surface area contributed by atoms with Crippen LogP contribution >= 0.6 is 0 Å². The number of piperazine rings is 1. The van der Waals surface area contributed by atoms with Crippen molar-refractivity contribution in [2.45, 2.75) is 6.42 Å². The molecular formula is C7H13N2O. The van der Waals surface area contributed by atoms with E-state index in [1.165, 1.54) is 0 Å². The molecule has 1 saturated heterocycles. The number of rotatable bonds is 3. The Kier molecular flexibility index (Phi) is 3.40. The summed E-state index contributed by atoms with van der Waals surface area (Å²) in [6.07, 6.45) is 2.46. The van der Waals surface area contributed by atoms with Crippen LogP contribution < -0.4 is 5.32 Å². The molecule has 1 radical (unpaired) electrons. The van der Waals surface area contributed by atoms with Gasteiger partial charge in [-0.15, -0.1) is 0 Å². The van der Waals surface area contributed by atoms with Crippen molar-refractivity contribution in [2.75, 3.05) is 32.7 Å². The van der Waals surface area contributed by atoms with Gasteiger partial charge >= 0.3 is 0 Å². The van der Waals surface area contributed by atoms with E-state index >= 15 is 0 Å². The van der Waals surface area contributed by atoms with E-state index < -0.39 is 0 Å². The Morgan fingerprint density at radius 3 is 2.70 bits per heavy atom. The first-order valence-electron chi connectivity index (χ1n) is 3.71. The molecule has 1 heterocycles. The summed E-state index contributed by atoms with van der Waals surface area (Å²) in [4.78, 5) is 12.2. The molecule has 3 nitrogen and oxygen atoms in total. The van der Waals surface area contributed by atoms with E-state index in [9.17, 15) is 4.79 Å². The fourth-order valence-corrected chi connectivity index (χ4v) is 1.14. The average molecular weight is 141 g/mol. The van der Waals surface area contributed by atoms with Crippen molar-refractivity contribution in [3.8, 4) is 0 Å². The lowest BCUT2D eigenvalue weighted by Gasteiger charge is -2.26. The van der Waals surface area contributed by atoms with Gasteiger partial charge in [0, 0.05) is 39.1 Å². The van der Waals surface area contributed by atoms with Crippen LogP contribution in [0.25, 0.3) is 0 Å². The van der Waals surface area contributed by atoms with Crippen LogP contribution in [0.1, 0.15) is 6.42 Å². The summed E-state index contributed by atoms with van der Waals surface area (Å²) in [7, 11) is 0. The van der Waals surface area contributed by atoms with Gasteiger partial charge in [-0.3, -0.25) is 4.79 Å². The van der Waals surface area contributed by atoms with Crippen LogP contribution in [0.5, 0.6) is 0 Å². The van der Waals surface area contributed by atoms with Gasteiger partial charge in [0.25, 0.3) is 0 Å². The highest BCUT2D eigenvalue weighted by Gasteiger charge is 2.07. The van der Waals surface area contributed by atoms with Gasteiger partial charge in [-0.25, -0.2) is 0 Å². The molecule has 1 rings (SSSR count). The first-order chi connectivity index (χ1) is 4.93. The molecule has 57 valence electrons. The fourth-order valence-electron chi connectivity index (χ4n) is 1.14. The standard InChI is InChI=1S/C7H13N2O/c10-7-1-4-9-5-2-8-3-6-9/h8H,1-6H2. The van der Waals surface area contributed by atoms with Crippen molar-refractivity contribution in [1.82, 2.24) is 10.2 Å². The minimum atomic E-state index is 0.556. The smallest absolute Gasteiger partial charge is 0.199 e. The topological polar surface area (TPSA) is 32.3 Å². The van der Waals surface area contributed by atoms with Gasteiger partial charge in [0.1, 0.15) is 0 Å². The Hall–Kier alpha value is -0.410. The van der Waals surface area contributed by atoms with Crippen molar-refractivity contribution in [1.29, 1.82) is 0 Å². The lowest BCUT2D eigenvalue weighted by Crippen LogP contribution is -2.43. The Balaban J connectivity index is 2.07. The quantitative estimate of drug-likeness (QED) is 0.569. The van der Waals surface area contributed by atoms with Crippen LogP contribution in [-0.4, -0.2) is 43.9 Å². The normalized spacial score (nSPS) is 20.8. The fraction of sp³-hybridized carbons (Fsp3) is 0.857. The molecule has 0 aliphatic carbocycles. The van der Waals surface area contributed by atoms with E-state index in [2.05, 4.69) is 10.2 Å². The van der Waals surface area contributed by atoms with Gasteiger partial charge < -0.3 is 10.2 Å². The molecule has 0 spiro atoms. The Morgan fingerprint density at radius 2 is 2.10 bits per heavy atom. The molecule has 0 saturated carbocycles. The van der Waals surface area contributed by atoms with E-state index in [1.54, 1.807) is 0 Å². The molecule has 0 unspecified atom stereocenters. The first-order valence-corrected chi connectivity index (χ1v) is 3.71. The van der Waals surface area contributed by atoms with E-state index in [1.807, 2.05) is 6.29 Å². The molecule has 0 bridgehead atoms. The minimum absolute atomic E-state index is 0.556. The summed E-state index contributed by atoms with van der Waals surface area (Å²) in [5.41, 5.74) is 0. The largest absolute Gasteiger partial charge is 0.314 e. The zero-order valence-electron chi connectivity index (χ0n) is 6.10. The number of hydrogen-bond acceptors (Lipinski definition) is 3. The summed E-state index contributed by atoms with van der Waals surface area (Å²) < 4.78 is 0. The Labute approximate surface area is 61.4 Å². The van der Waals surface area contributed by atoms with Crippen LogP contribution in [-0.2, 0) is 4.79 Å². The zero-order valence-corrected chi connectivity index (χ0v) is 6.10. The van der Waals surface area contributed by atoms with E-state index in [0.29, 0.717) is 6.42 Å². The maximum atomic E-state index is 9.88. The lowest BCUT2D eigenvalue weighted by molar-refractivity contribution is 0.246. The number of nitrogens with zero attached hydrogens (tertiary/aromatic N) is 1. The summed E-state index contributed by atoms with van der Waals surface area (Å²) in [6.45, 7) is 5.13. The van der Waals surface area contributed by atoms with Crippen LogP contribution in [0.2, 0.25) is 0 Å². The average Bonchev–Trinajstić information content (AvgIpc) is 2.03. The van der Waals surface area contributed by atoms with Gasteiger partial charge in [0.2, 0.25) is 0 Å². The highest BCUT2D eigenvalue weighted by atomic mass is 16.1. The summed E-state index contributed by atoms with van der Waals surface area (Å²) in [5.74, 6) is 0. The van der Waals surface area contributed by atoms with Crippen LogP contribution in [0, 0.1) is 0 Å². The summed E-state index contributed by atoms with van der Waals surface area (Å²) in [6, 6.07) is 0. The monoisotopic (exact) mass is 141 g/mol. The van der Waals surface area contributed by atoms with Gasteiger partial charge in [0.05, 0.1) is 0 Å². The second-order valence-electron chi connectivity index (χ2n) is 2.49. The van der Waals surface area contributed by atoms with Gasteiger partial charge in [-0.2, -0.15) is 0 Å². The molecule has 1 fully saturated rings. The van der Waals surface area contributed by atoms with Crippen molar-refractivity contribution < 1.29 is 4.79 Å². The zero-order chi connectivity index (χ0) is 7.23. The van der Waals surface area contributed by atoms with Gasteiger partial charge in [-0.1, -0.05) is 0 Å². The van der Waals surface area contributed by atoms with Crippen molar-refractivity contribution in [3.05, 3.63) is 0 Å². The van der Waals surface area contributed by atoms with Gasteiger partial charge in [0.15, 0.2) is 6.29 Å². The minimum Gasteiger partial charge on any atom is -0.314 e. The summed E-state index contributed by atoms with van der Waals surface area (Å²) in [5, 5.41) is 3.25. The van der Waals surface area contributed by atoms with Crippen LogP contribution in [0.15, 0.2) is 0 Å². The molecule has 1 aliphatic heterocycles. The molecule has 0 amide bonds. The highest BCUT2D eigenvalue weighted by molar-refractivity contribution is 5.50. The number of nitrogens with one attached hydrogen (secondary N) is 1. The second-order valence-corrected chi connectivity index (χ2v) is 2.49. The van der Waals surface area contributed by atoms with E-state index in [4.69, 9.17) is 0 Å². The maximum absolute atomic E-state index is 9.88. The Morgan fingerprint density at radius 1 is 1.40 bits per heavy atom. The van der Waals surface area contributed by atoms with E-state index in [-0.39, 0.29) is 0 Å². The van der Waals surface area contributed by atoms with Crippen molar-refractivity contribution in [2.24, 2.45) is 0 Å². The third-order valence-electron chi connectivity index (χ3n) is 1.74. The van der Waals surface area contributed by atoms with E-state index in [0.717, 1.165) is 32.7 Å². The number of hydrogen-bond donors (Lipinski definition) is 1. The van der Waals surface area contributed by atoms with Gasteiger partial charge in [-0.05, 0) is 0 Å². The first kappa shape index (κ1) is 7.69. The highest BCUT2D eigenvalue weighted by Crippen LogP contribution is 1.91. The number of carbonyl (C=O) groups excluding carboxylic acids is 1.